The van der Waals surface area contributed by atoms with Crippen LogP contribution in [-0.2, 0) is 4.74 Å². The highest BCUT2D eigenvalue weighted by Crippen LogP contribution is 2.24. The number of nitrogens with two attached hydrogens (primary N) is 1. The lowest BCUT2D eigenvalue weighted by Crippen LogP contribution is -2.48. The summed E-state index contributed by atoms with van der Waals surface area (Å²) in [5.41, 5.74) is 6.91. The fourth-order valence-electron chi connectivity index (χ4n) is 2.63. The van der Waals surface area contributed by atoms with Crippen molar-refractivity contribution in [3.63, 3.8) is 0 Å². The molecule has 1 aromatic rings. The van der Waals surface area contributed by atoms with Crippen molar-refractivity contribution in [3.05, 3.63) is 30.1 Å². The Balaban J connectivity index is 2.17. The first-order valence-electron chi connectivity index (χ1n) is 6.60. The van der Waals surface area contributed by atoms with E-state index in [0.717, 1.165) is 31.7 Å². The molecule has 1 heterocycles. The largest absolute Gasteiger partial charge is 0.376 e. The topological polar surface area (TPSA) is 38.5 Å². The van der Waals surface area contributed by atoms with E-state index >= 15 is 0 Å². The van der Waals surface area contributed by atoms with Gasteiger partial charge in [0.2, 0.25) is 0 Å². The molecule has 0 saturated carbocycles. The number of likely N-dealkylation sites (N-methyl/N-ethyl adjacent to an activating group) is 1. The van der Waals surface area contributed by atoms with Crippen LogP contribution in [0.5, 0.6) is 0 Å². The van der Waals surface area contributed by atoms with Crippen LogP contribution in [0.3, 0.4) is 0 Å². The zero-order valence-corrected chi connectivity index (χ0v) is 10.8. The number of nitrogens with zero attached hydrogens (tertiary/aromatic N) is 1. The Labute approximate surface area is 108 Å². The van der Waals surface area contributed by atoms with E-state index in [1.165, 1.54) is 12.1 Å². The van der Waals surface area contributed by atoms with E-state index in [-0.39, 0.29) is 18.0 Å². The van der Waals surface area contributed by atoms with Gasteiger partial charge < -0.3 is 15.4 Å². The molecule has 18 heavy (non-hydrogen) atoms. The van der Waals surface area contributed by atoms with Crippen molar-refractivity contribution in [1.82, 2.24) is 0 Å². The first-order valence-corrected chi connectivity index (χ1v) is 6.60. The molecule has 1 aromatic carbocycles. The predicted molar refractivity (Wildman–Crippen MR) is 71.2 cm³/mol. The van der Waals surface area contributed by atoms with Gasteiger partial charge in [-0.25, -0.2) is 4.39 Å². The summed E-state index contributed by atoms with van der Waals surface area (Å²) in [4.78, 5) is 2.20. The highest BCUT2D eigenvalue weighted by Gasteiger charge is 2.29. The SMILES string of the molecule is CCN(c1ccc(F)cc1)C(CN)C1CCCO1. The number of benzene rings is 1. The minimum atomic E-state index is -0.212. The molecule has 3 nitrogen and oxygen atoms in total. The molecule has 2 unspecified atom stereocenters. The Morgan fingerprint density at radius 2 is 2.17 bits per heavy atom. The van der Waals surface area contributed by atoms with Gasteiger partial charge in [0.25, 0.3) is 0 Å². The van der Waals surface area contributed by atoms with Crippen LogP contribution in [0.4, 0.5) is 10.1 Å². The summed E-state index contributed by atoms with van der Waals surface area (Å²) in [5, 5.41) is 0. The minimum Gasteiger partial charge on any atom is -0.376 e. The van der Waals surface area contributed by atoms with Gasteiger partial charge in [-0.15, -0.1) is 0 Å². The van der Waals surface area contributed by atoms with Crippen molar-refractivity contribution < 1.29 is 9.13 Å². The Bertz CT molecular complexity index is 363. The molecule has 2 rings (SSSR count). The van der Waals surface area contributed by atoms with Crippen molar-refractivity contribution in [2.24, 2.45) is 5.73 Å². The third kappa shape index (κ3) is 2.82. The first-order chi connectivity index (χ1) is 8.76. The Morgan fingerprint density at radius 3 is 2.67 bits per heavy atom. The quantitative estimate of drug-likeness (QED) is 0.872. The second-order valence-electron chi connectivity index (χ2n) is 4.62. The van der Waals surface area contributed by atoms with Gasteiger partial charge in [0.15, 0.2) is 0 Å². The van der Waals surface area contributed by atoms with Crippen molar-refractivity contribution in [3.8, 4) is 0 Å². The van der Waals surface area contributed by atoms with Crippen LogP contribution in [0.15, 0.2) is 24.3 Å². The molecule has 0 aliphatic carbocycles. The third-order valence-electron chi connectivity index (χ3n) is 3.53. The van der Waals surface area contributed by atoms with Crippen molar-refractivity contribution in [2.45, 2.75) is 31.9 Å². The van der Waals surface area contributed by atoms with Crippen LogP contribution in [0, 0.1) is 5.82 Å². The number of halogens is 1. The zero-order valence-electron chi connectivity index (χ0n) is 10.8. The van der Waals surface area contributed by atoms with Gasteiger partial charge in [0.1, 0.15) is 5.82 Å². The van der Waals surface area contributed by atoms with E-state index in [1.807, 2.05) is 0 Å². The molecular formula is C14H21FN2O. The second kappa shape index (κ2) is 6.16. The molecule has 0 spiro atoms. The fraction of sp³-hybridized carbons (Fsp3) is 0.571. The molecule has 2 N–H and O–H groups in total. The number of hydrogen-bond acceptors (Lipinski definition) is 3. The Kier molecular flexibility index (Phi) is 4.55. The molecule has 100 valence electrons. The van der Waals surface area contributed by atoms with Gasteiger partial charge in [-0.1, -0.05) is 0 Å². The number of ether oxygens (including phenoxy) is 1. The predicted octanol–water partition coefficient (Wildman–Crippen LogP) is 2.16. The molecule has 1 fully saturated rings. The molecule has 0 bridgehead atoms. The number of anilines is 1. The van der Waals surface area contributed by atoms with Crippen LogP contribution in [0.25, 0.3) is 0 Å². The third-order valence-corrected chi connectivity index (χ3v) is 3.53. The normalized spacial score (nSPS) is 20.9. The van der Waals surface area contributed by atoms with Crippen LogP contribution in [0.2, 0.25) is 0 Å². The minimum absolute atomic E-state index is 0.169. The maximum absolute atomic E-state index is 13.0. The van der Waals surface area contributed by atoms with Crippen LogP contribution >= 0.6 is 0 Å². The van der Waals surface area contributed by atoms with Gasteiger partial charge in [0, 0.05) is 25.4 Å². The summed E-state index contributed by atoms with van der Waals surface area (Å²) < 4.78 is 18.7. The van der Waals surface area contributed by atoms with Gasteiger partial charge in [-0.3, -0.25) is 0 Å². The maximum Gasteiger partial charge on any atom is 0.123 e. The van der Waals surface area contributed by atoms with Crippen molar-refractivity contribution >= 4 is 5.69 Å². The summed E-state index contributed by atoms with van der Waals surface area (Å²) in [7, 11) is 0. The molecule has 1 saturated heterocycles. The Hall–Kier alpha value is -1.13. The molecule has 0 radical (unpaired) electrons. The fourth-order valence-corrected chi connectivity index (χ4v) is 2.63. The van der Waals surface area contributed by atoms with E-state index in [4.69, 9.17) is 10.5 Å². The average Bonchev–Trinajstić information content (AvgIpc) is 2.91. The summed E-state index contributed by atoms with van der Waals surface area (Å²) in [6.45, 7) is 4.30. The second-order valence-corrected chi connectivity index (χ2v) is 4.62. The number of rotatable bonds is 5. The van der Waals surface area contributed by atoms with Crippen molar-refractivity contribution in [2.75, 3.05) is 24.6 Å². The maximum atomic E-state index is 13.0. The van der Waals surface area contributed by atoms with Gasteiger partial charge in [0.05, 0.1) is 12.1 Å². The molecule has 2 atom stereocenters. The van der Waals surface area contributed by atoms with E-state index < -0.39 is 0 Å². The monoisotopic (exact) mass is 252 g/mol. The smallest absolute Gasteiger partial charge is 0.123 e. The van der Waals surface area contributed by atoms with E-state index in [9.17, 15) is 4.39 Å². The molecular weight excluding hydrogens is 231 g/mol. The van der Waals surface area contributed by atoms with E-state index in [2.05, 4.69) is 11.8 Å². The summed E-state index contributed by atoms with van der Waals surface area (Å²) in [5.74, 6) is -0.212. The first kappa shape index (κ1) is 13.3. The van der Waals surface area contributed by atoms with E-state index in [0.29, 0.717) is 6.54 Å². The zero-order chi connectivity index (χ0) is 13.0. The van der Waals surface area contributed by atoms with Gasteiger partial charge in [-0.2, -0.15) is 0 Å². The lowest BCUT2D eigenvalue weighted by Gasteiger charge is -2.35. The summed E-state index contributed by atoms with van der Waals surface area (Å²) in [6, 6.07) is 6.75. The molecule has 0 amide bonds. The lowest BCUT2D eigenvalue weighted by molar-refractivity contribution is 0.0895. The average molecular weight is 252 g/mol. The molecule has 1 aliphatic heterocycles. The van der Waals surface area contributed by atoms with Crippen LogP contribution < -0.4 is 10.6 Å². The summed E-state index contributed by atoms with van der Waals surface area (Å²) >= 11 is 0. The highest BCUT2D eigenvalue weighted by atomic mass is 19.1. The molecule has 0 aromatic heterocycles. The summed E-state index contributed by atoms with van der Waals surface area (Å²) in [6.07, 6.45) is 2.35. The van der Waals surface area contributed by atoms with E-state index in [1.54, 1.807) is 12.1 Å². The molecule has 1 aliphatic rings. The standard InChI is InChI=1S/C14H21FN2O/c1-2-17(12-7-5-11(15)6-8-12)13(10-16)14-4-3-9-18-14/h5-8,13-14H,2-4,9-10,16H2,1H3. The molecule has 4 heteroatoms. The highest BCUT2D eigenvalue weighted by molar-refractivity contribution is 5.47. The van der Waals surface area contributed by atoms with Gasteiger partial charge in [-0.05, 0) is 44.0 Å². The Morgan fingerprint density at radius 1 is 1.44 bits per heavy atom. The number of hydrogen-bond donors (Lipinski definition) is 1. The van der Waals surface area contributed by atoms with Crippen molar-refractivity contribution in [1.29, 1.82) is 0 Å². The van der Waals surface area contributed by atoms with Gasteiger partial charge >= 0.3 is 0 Å². The van der Waals surface area contributed by atoms with Crippen LogP contribution in [-0.4, -0.2) is 31.8 Å². The van der Waals surface area contributed by atoms with Crippen LogP contribution in [0.1, 0.15) is 19.8 Å². The lowest BCUT2D eigenvalue weighted by atomic mass is 10.1.